The van der Waals surface area contributed by atoms with E-state index in [4.69, 9.17) is 4.74 Å². The van der Waals surface area contributed by atoms with Gasteiger partial charge in [-0.15, -0.1) is 0 Å². The highest BCUT2D eigenvalue weighted by molar-refractivity contribution is 8.16. The second-order valence-electron chi connectivity index (χ2n) is 10.3. The first kappa shape index (κ1) is 28.9. The third-order valence-electron chi connectivity index (χ3n) is 6.00. The molecule has 0 bridgehead atoms. The number of alkyl halides is 3. The van der Waals surface area contributed by atoms with E-state index < -0.39 is 56.5 Å². The van der Waals surface area contributed by atoms with Crippen LogP contribution in [0.15, 0.2) is 59.6 Å². The van der Waals surface area contributed by atoms with Crippen molar-refractivity contribution in [2.45, 2.75) is 56.3 Å². The number of halogens is 3. The molecule has 2 aromatic carbocycles. The molecule has 0 aromatic heterocycles. The maximum Gasteiger partial charge on any atom is 0.416 e. The summed E-state index contributed by atoms with van der Waals surface area (Å²) in [4.78, 5) is 31.6. The van der Waals surface area contributed by atoms with Gasteiger partial charge in [0, 0.05) is 17.4 Å². The molecule has 2 aromatic rings. The van der Waals surface area contributed by atoms with Crippen molar-refractivity contribution in [3.63, 3.8) is 0 Å². The number of amidine groups is 1. The van der Waals surface area contributed by atoms with Crippen LogP contribution in [-0.2, 0) is 32.0 Å². The summed E-state index contributed by atoms with van der Waals surface area (Å²) < 4.78 is 70.3. The summed E-state index contributed by atoms with van der Waals surface area (Å²) in [6.45, 7) is 5.03. The van der Waals surface area contributed by atoms with Crippen molar-refractivity contribution < 1.29 is 35.9 Å². The number of anilines is 1. The second-order valence-corrected chi connectivity index (χ2v) is 13.7. The molecular weight excluding hydrogens is 555 g/mol. The van der Waals surface area contributed by atoms with Crippen LogP contribution in [-0.4, -0.2) is 60.0 Å². The molecule has 2 fully saturated rings. The van der Waals surface area contributed by atoms with Crippen molar-refractivity contribution in [1.29, 1.82) is 0 Å². The summed E-state index contributed by atoms with van der Waals surface area (Å²) in [5.41, 5.74) is -0.911. The number of fused-ring (bicyclic) bond motifs is 1. The number of carbonyl (C=O) groups excluding carboxylic acids is 2. The van der Waals surface area contributed by atoms with Gasteiger partial charge in [-0.25, -0.2) is 13.2 Å². The number of nitrogens with zero attached hydrogens (tertiary/aromatic N) is 2. The molecule has 4 rings (SSSR count). The zero-order chi connectivity index (χ0) is 28.6. The third kappa shape index (κ3) is 7.33. The minimum atomic E-state index is -4.62. The summed E-state index contributed by atoms with van der Waals surface area (Å²) in [6.07, 6.45) is -5.35. The van der Waals surface area contributed by atoms with Gasteiger partial charge < -0.3 is 15.0 Å². The molecule has 0 radical (unpaired) electrons. The fraction of sp³-hybridized carbons (Fsp3) is 0.423. The van der Waals surface area contributed by atoms with E-state index in [0.29, 0.717) is 0 Å². The zero-order valence-electron chi connectivity index (χ0n) is 21.4. The number of sulfone groups is 1. The average molecular weight is 584 g/mol. The van der Waals surface area contributed by atoms with Gasteiger partial charge in [0.2, 0.25) is 0 Å². The molecule has 2 aliphatic heterocycles. The molecule has 3 atom stereocenters. The van der Waals surface area contributed by atoms with E-state index in [-0.39, 0.29) is 28.8 Å². The Balaban J connectivity index is 1.69. The van der Waals surface area contributed by atoms with Gasteiger partial charge in [0.05, 0.1) is 23.1 Å². The molecule has 2 heterocycles. The lowest BCUT2D eigenvalue weighted by atomic mass is 10.1. The summed E-state index contributed by atoms with van der Waals surface area (Å²) in [7, 11) is -3.43. The number of ether oxygens (including phenoxy) is 1. The predicted molar refractivity (Wildman–Crippen MR) is 143 cm³/mol. The predicted octanol–water partition coefficient (Wildman–Crippen LogP) is 4.44. The third-order valence-corrected chi connectivity index (χ3v) is 9.21. The van der Waals surface area contributed by atoms with Gasteiger partial charge in [0.1, 0.15) is 11.6 Å². The van der Waals surface area contributed by atoms with Gasteiger partial charge in [-0.2, -0.15) is 18.2 Å². The Morgan fingerprint density at radius 2 is 1.79 bits per heavy atom. The van der Waals surface area contributed by atoms with Gasteiger partial charge in [-0.3, -0.25) is 4.79 Å². The Labute approximate surface area is 228 Å². The van der Waals surface area contributed by atoms with Crippen LogP contribution in [0.4, 0.5) is 23.7 Å². The van der Waals surface area contributed by atoms with Gasteiger partial charge in [0.15, 0.2) is 15.0 Å². The lowest BCUT2D eigenvalue weighted by molar-refractivity contribution is -0.137. The minimum absolute atomic E-state index is 0.0770. The quantitative estimate of drug-likeness (QED) is 0.555. The highest BCUT2D eigenvalue weighted by Crippen LogP contribution is 2.42. The number of rotatable bonds is 5. The highest BCUT2D eigenvalue weighted by Gasteiger charge is 2.50. The fourth-order valence-corrected chi connectivity index (χ4v) is 8.29. The van der Waals surface area contributed by atoms with Crippen LogP contribution in [0, 0.1) is 0 Å². The number of amides is 2. The van der Waals surface area contributed by atoms with E-state index in [1.165, 1.54) is 17.0 Å². The Morgan fingerprint density at radius 1 is 1.10 bits per heavy atom. The molecule has 2 saturated heterocycles. The van der Waals surface area contributed by atoms with Crippen molar-refractivity contribution >= 4 is 44.5 Å². The maximum atomic E-state index is 13.5. The first-order chi connectivity index (χ1) is 18.1. The van der Waals surface area contributed by atoms with Crippen LogP contribution in [0.2, 0.25) is 0 Å². The van der Waals surface area contributed by atoms with Crippen LogP contribution in [0.3, 0.4) is 0 Å². The minimum Gasteiger partial charge on any atom is -0.444 e. The van der Waals surface area contributed by atoms with E-state index in [2.05, 4.69) is 10.3 Å². The van der Waals surface area contributed by atoms with E-state index in [1.54, 1.807) is 51.1 Å². The highest BCUT2D eigenvalue weighted by atomic mass is 32.2. The Bertz CT molecular complexity index is 1380. The van der Waals surface area contributed by atoms with E-state index in [1.807, 2.05) is 0 Å². The smallest absolute Gasteiger partial charge is 0.416 e. The first-order valence-corrected chi connectivity index (χ1v) is 14.8. The molecule has 2 amide bonds. The Morgan fingerprint density at radius 3 is 2.44 bits per heavy atom. The molecule has 0 spiro atoms. The van der Waals surface area contributed by atoms with Gasteiger partial charge in [0.25, 0.3) is 5.91 Å². The summed E-state index contributed by atoms with van der Waals surface area (Å²) in [5.74, 6) is -1.21. The largest absolute Gasteiger partial charge is 0.444 e. The van der Waals surface area contributed by atoms with Crippen molar-refractivity contribution in [2.24, 2.45) is 4.99 Å². The standard InChI is InChI=1S/C26H28F3N3O5S2/c1-25(2,3)37-24(34)30-19(12-16-8-5-4-6-9-16)22(33)31-23-32(20-14-39(35,36)15-21(20)38-23)18-11-7-10-17(13-18)26(27,28)29/h4-11,13,19-21H,12,14-15H2,1-3H3,(H,30,34)/t19-,20-,21-/m1/s1. The fourth-order valence-electron chi connectivity index (χ4n) is 4.37. The monoisotopic (exact) mass is 583 g/mol. The van der Waals surface area contributed by atoms with E-state index in [9.17, 15) is 31.2 Å². The molecule has 13 heteroatoms. The molecule has 210 valence electrons. The lowest BCUT2D eigenvalue weighted by Crippen LogP contribution is -2.45. The SMILES string of the molecule is CC(C)(C)OC(=O)N[C@H](Cc1ccccc1)C(=O)N=C1S[C@@H]2CS(=O)(=O)C[C@H]2N1c1cccc(C(F)(F)F)c1. The van der Waals surface area contributed by atoms with Gasteiger partial charge in [-0.1, -0.05) is 48.2 Å². The number of alkyl carbamates (subject to hydrolysis) is 1. The van der Waals surface area contributed by atoms with Crippen molar-refractivity contribution in [2.75, 3.05) is 16.4 Å². The molecule has 1 N–H and O–H groups in total. The summed E-state index contributed by atoms with van der Waals surface area (Å²) >= 11 is 1.03. The molecule has 0 unspecified atom stereocenters. The second kappa shape index (κ2) is 10.8. The number of hydrogen-bond donors (Lipinski definition) is 1. The van der Waals surface area contributed by atoms with Crippen LogP contribution >= 0.6 is 11.8 Å². The number of benzene rings is 2. The molecule has 39 heavy (non-hydrogen) atoms. The number of thioether (sulfide) groups is 1. The van der Waals surface area contributed by atoms with E-state index in [0.717, 1.165) is 29.5 Å². The van der Waals surface area contributed by atoms with Gasteiger partial charge in [-0.05, 0) is 44.5 Å². The van der Waals surface area contributed by atoms with Crippen molar-refractivity contribution in [3.8, 4) is 0 Å². The molecule has 8 nitrogen and oxygen atoms in total. The molecule has 0 saturated carbocycles. The number of nitrogens with one attached hydrogen (secondary N) is 1. The van der Waals surface area contributed by atoms with E-state index >= 15 is 0 Å². The first-order valence-electron chi connectivity index (χ1n) is 12.1. The number of carbonyl (C=O) groups is 2. The zero-order valence-corrected chi connectivity index (χ0v) is 23.1. The van der Waals surface area contributed by atoms with Crippen molar-refractivity contribution in [1.82, 2.24) is 5.32 Å². The molecule has 2 aliphatic rings. The Hall–Kier alpha value is -3.06. The molecule has 0 aliphatic carbocycles. The number of aliphatic imine (C=N–C) groups is 1. The van der Waals surface area contributed by atoms with Crippen LogP contribution in [0.1, 0.15) is 31.9 Å². The maximum absolute atomic E-state index is 13.5. The van der Waals surface area contributed by atoms with Crippen LogP contribution in [0.25, 0.3) is 0 Å². The van der Waals surface area contributed by atoms with Gasteiger partial charge >= 0.3 is 12.3 Å². The van der Waals surface area contributed by atoms with Crippen molar-refractivity contribution in [3.05, 3.63) is 65.7 Å². The number of hydrogen-bond acceptors (Lipinski definition) is 6. The summed E-state index contributed by atoms with van der Waals surface area (Å²) in [6, 6.07) is 11.6. The van der Waals surface area contributed by atoms with Crippen LogP contribution in [0.5, 0.6) is 0 Å². The molecular formula is C26H28F3N3O5S2. The average Bonchev–Trinajstić information content (AvgIpc) is 3.28. The summed E-state index contributed by atoms with van der Waals surface area (Å²) in [5, 5.41) is 2.12. The lowest BCUT2D eigenvalue weighted by Gasteiger charge is -2.26. The Kier molecular flexibility index (Phi) is 8.04. The normalized spacial score (nSPS) is 22.4. The van der Waals surface area contributed by atoms with Crippen LogP contribution < -0.4 is 10.2 Å². The topological polar surface area (TPSA) is 105 Å².